The Hall–Kier alpha value is -1.28. The van der Waals surface area contributed by atoms with Crippen LogP contribution in [0.2, 0.25) is 0 Å². The largest absolute Gasteiger partial charge is 0.284 e. The molecule has 1 aliphatic heterocycles. The lowest BCUT2D eigenvalue weighted by Crippen LogP contribution is -2.25. The van der Waals surface area contributed by atoms with Crippen molar-refractivity contribution < 1.29 is 0 Å². The highest BCUT2D eigenvalue weighted by Gasteiger charge is 2.16. The summed E-state index contributed by atoms with van der Waals surface area (Å²) in [5, 5.41) is 1.96. The van der Waals surface area contributed by atoms with Crippen LogP contribution >= 0.6 is 0 Å². The lowest BCUT2D eigenvalue weighted by molar-refractivity contribution is 0.759. The molecule has 0 aromatic heterocycles. The molecule has 0 saturated heterocycles. The van der Waals surface area contributed by atoms with Gasteiger partial charge < -0.3 is 0 Å². The monoisotopic (exact) mass is 160 g/mol. The Labute approximate surface area is 72.5 Å². The molecule has 1 aliphatic rings. The molecule has 2 nitrogen and oxygen atoms in total. The van der Waals surface area contributed by atoms with Crippen molar-refractivity contribution in [3.05, 3.63) is 42.1 Å². The molecular formula is C10H12N2. The van der Waals surface area contributed by atoms with Crippen molar-refractivity contribution in [2.75, 3.05) is 5.01 Å². The molecule has 0 amide bonds. The lowest BCUT2D eigenvalue weighted by Gasteiger charge is -2.12. The highest BCUT2D eigenvalue weighted by molar-refractivity contribution is 5.60. The Kier molecular flexibility index (Phi) is 1.62. The zero-order valence-electron chi connectivity index (χ0n) is 7.17. The van der Waals surface area contributed by atoms with E-state index in [0.717, 1.165) is 6.54 Å². The van der Waals surface area contributed by atoms with Gasteiger partial charge in [0.2, 0.25) is 0 Å². The van der Waals surface area contributed by atoms with Gasteiger partial charge in [-0.05, 0) is 24.1 Å². The molecule has 0 saturated carbocycles. The van der Waals surface area contributed by atoms with E-state index in [2.05, 4.69) is 37.1 Å². The average Bonchev–Trinajstić information content (AvgIpc) is 2.49. The average molecular weight is 160 g/mol. The van der Waals surface area contributed by atoms with Gasteiger partial charge in [0.05, 0.1) is 5.69 Å². The van der Waals surface area contributed by atoms with E-state index in [1.165, 1.54) is 16.8 Å². The normalized spacial score (nSPS) is 14.6. The summed E-state index contributed by atoms with van der Waals surface area (Å²) in [4.78, 5) is 0. The standard InChI is InChI=1S/C10H12N2/c1-3-12-10-6-4-5-8(2)9(10)7-11-12/h3-6,11H,1,7H2,2H3. The number of rotatable bonds is 1. The van der Waals surface area contributed by atoms with Crippen LogP contribution in [0.1, 0.15) is 11.1 Å². The first-order chi connectivity index (χ1) is 5.83. The number of hydrazine groups is 1. The maximum Gasteiger partial charge on any atom is 0.0618 e. The van der Waals surface area contributed by atoms with Crippen molar-refractivity contribution in [3.8, 4) is 0 Å². The zero-order valence-corrected chi connectivity index (χ0v) is 7.17. The highest BCUT2D eigenvalue weighted by Crippen LogP contribution is 2.27. The molecule has 0 radical (unpaired) electrons. The van der Waals surface area contributed by atoms with Gasteiger partial charge in [0, 0.05) is 12.7 Å². The Bertz CT molecular complexity index is 318. The first-order valence-corrected chi connectivity index (χ1v) is 4.06. The van der Waals surface area contributed by atoms with Crippen molar-refractivity contribution in [3.63, 3.8) is 0 Å². The molecule has 1 N–H and O–H groups in total. The Morgan fingerprint density at radius 2 is 2.42 bits per heavy atom. The number of benzene rings is 1. The first kappa shape index (κ1) is 7.37. The van der Waals surface area contributed by atoms with Crippen LogP contribution in [0.4, 0.5) is 5.69 Å². The quantitative estimate of drug-likeness (QED) is 0.675. The summed E-state index contributed by atoms with van der Waals surface area (Å²) in [6.45, 7) is 6.78. The second-order valence-electron chi connectivity index (χ2n) is 2.96. The van der Waals surface area contributed by atoms with Crippen molar-refractivity contribution in [2.24, 2.45) is 0 Å². The van der Waals surface area contributed by atoms with Gasteiger partial charge in [0.1, 0.15) is 0 Å². The topological polar surface area (TPSA) is 15.3 Å². The summed E-state index contributed by atoms with van der Waals surface area (Å²) in [7, 11) is 0. The fourth-order valence-corrected chi connectivity index (χ4v) is 1.55. The van der Waals surface area contributed by atoms with Crippen LogP contribution in [0.25, 0.3) is 0 Å². The van der Waals surface area contributed by atoms with Gasteiger partial charge >= 0.3 is 0 Å². The molecule has 0 spiro atoms. The molecule has 0 fully saturated rings. The number of nitrogens with one attached hydrogen (secondary N) is 1. The molecule has 62 valence electrons. The van der Waals surface area contributed by atoms with Gasteiger partial charge in [-0.3, -0.25) is 5.01 Å². The lowest BCUT2D eigenvalue weighted by atomic mass is 10.1. The van der Waals surface area contributed by atoms with E-state index in [1.807, 2.05) is 5.01 Å². The van der Waals surface area contributed by atoms with Gasteiger partial charge in [0.25, 0.3) is 0 Å². The fraction of sp³-hybridized carbons (Fsp3) is 0.200. The minimum absolute atomic E-state index is 0.911. The highest BCUT2D eigenvalue weighted by atomic mass is 15.5. The first-order valence-electron chi connectivity index (χ1n) is 4.06. The maximum absolute atomic E-state index is 3.73. The molecule has 2 rings (SSSR count). The molecule has 1 aromatic carbocycles. The number of hydrogen-bond acceptors (Lipinski definition) is 2. The number of hydrogen-bond donors (Lipinski definition) is 1. The molecule has 0 aliphatic carbocycles. The molecular weight excluding hydrogens is 148 g/mol. The number of aryl methyl sites for hydroxylation is 1. The molecule has 0 bridgehead atoms. The summed E-state index contributed by atoms with van der Waals surface area (Å²) < 4.78 is 0. The van der Waals surface area contributed by atoms with E-state index >= 15 is 0 Å². The van der Waals surface area contributed by atoms with Crippen LogP contribution in [-0.2, 0) is 6.54 Å². The summed E-state index contributed by atoms with van der Waals surface area (Å²) >= 11 is 0. The number of anilines is 1. The van der Waals surface area contributed by atoms with Gasteiger partial charge in [0.15, 0.2) is 0 Å². The Balaban J connectivity index is 2.52. The predicted octanol–water partition coefficient (Wildman–Crippen LogP) is 1.96. The Morgan fingerprint density at radius 1 is 1.58 bits per heavy atom. The van der Waals surface area contributed by atoms with Crippen LogP contribution in [0.5, 0.6) is 0 Å². The molecule has 1 heterocycles. The molecule has 12 heavy (non-hydrogen) atoms. The Morgan fingerprint density at radius 3 is 3.17 bits per heavy atom. The molecule has 1 aromatic rings. The van der Waals surface area contributed by atoms with Crippen LogP contribution in [-0.4, -0.2) is 0 Å². The van der Waals surface area contributed by atoms with E-state index in [-0.39, 0.29) is 0 Å². The van der Waals surface area contributed by atoms with Crippen molar-refractivity contribution >= 4 is 5.69 Å². The second kappa shape index (κ2) is 2.64. The van der Waals surface area contributed by atoms with Crippen molar-refractivity contribution in [1.29, 1.82) is 0 Å². The van der Waals surface area contributed by atoms with Crippen LogP contribution in [0, 0.1) is 6.92 Å². The van der Waals surface area contributed by atoms with E-state index in [0.29, 0.717) is 0 Å². The summed E-state index contributed by atoms with van der Waals surface area (Å²) in [5.74, 6) is 0. The molecule has 2 heteroatoms. The number of fused-ring (bicyclic) bond motifs is 1. The molecule has 0 unspecified atom stereocenters. The van der Waals surface area contributed by atoms with Gasteiger partial charge in [-0.15, -0.1) is 0 Å². The minimum Gasteiger partial charge on any atom is -0.284 e. The van der Waals surface area contributed by atoms with Crippen LogP contribution in [0.15, 0.2) is 31.0 Å². The summed E-state index contributed by atoms with van der Waals surface area (Å²) in [5.41, 5.74) is 7.16. The maximum atomic E-state index is 3.73. The van der Waals surface area contributed by atoms with Gasteiger partial charge in [-0.2, -0.15) is 0 Å². The van der Waals surface area contributed by atoms with E-state index in [4.69, 9.17) is 0 Å². The van der Waals surface area contributed by atoms with Crippen molar-refractivity contribution in [1.82, 2.24) is 5.43 Å². The second-order valence-corrected chi connectivity index (χ2v) is 2.96. The molecule has 0 atom stereocenters. The zero-order chi connectivity index (χ0) is 8.55. The third kappa shape index (κ3) is 0.924. The third-order valence-corrected chi connectivity index (χ3v) is 2.25. The smallest absolute Gasteiger partial charge is 0.0618 e. The predicted molar refractivity (Wildman–Crippen MR) is 50.7 cm³/mol. The van der Waals surface area contributed by atoms with E-state index in [1.54, 1.807) is 6.20 Å². The van der Waals surface area contributed by atoms with Crippen LogP contribution in [0.3, 0.4) is 0 Å². The van der Waals surface area contributed by atoms with Crippen molar-refractivity contribution in [2.45, 2.75) is 13.5 Å². The van der Waals surface area contributed by atoms with Gasteiger partial charge in [-0.25, -0.2) is 5.43 Å². The van der Waals surface area contributed by atoms with E-state index in [9.17, 15) is 0 Å². The number of nitrogens with zero attached hydrogens (tertiary/aromatic N) is 1. The third-order valence-electron chi connectivity index (χ3n) is 2.25. The fourth-order valence-electron chi connectivity index (χ4n) is 1.55. The van der Waals surface area contributed by atoms with Crippen LogP contribution < -0.4 is 10.4 Å². The van der Waals surface area contributed by atoms with Gasteiger partial charge in [-0.1, -0.05) is 18.7 Å². The summed E-state index contributed by atoms with van der Waals surface area (Å²) in [6.07, 6.45) is 1.80. The summed E-state index contributed by atoms with van der Waals surface area (Å²) in [6, 6.07) is 6.30. The minimum atomic E-state index is 0.911. The van der Waals surface area contributed by atoms with E-state index < -0.39 is 0 Å². The SMILES string of the molecule is C=CN1NCc2c(C)cccc21.